The minimum Gasteiger partial charge on any atom is -0.478 e. The van der Waals surface area contributed by atoms with E-state index in [1.165, 1.54) is 0 Å². The van der Waals surface area contributed by atoms with Crippen molar-refractivity contribution in [1.82, 2.24) is 10.2 Å². The third-order valence-electron chi connectivity index (χ3n) is 6.90. The molecule has 184 valence electrons. The second kappa shape index (κ2) is 9.94. The summed E-state index contributed by atoms with van der Waals surface area (Å²) in [6, 6.07) is 15.9. The zero-order valence-electron chi connectivity index (χ0n) is 20.4. The molecule has 1 aliphatic carbocycles. The Morgan fingerprint density at radius 2 is 1.66 bits per heavy atom. The molecule has 2 aliphatic rings. The van der Waals surface area contributed by atoms with E-state index in [0.717, 1.165) is 22.3 Å². The van der Waals surface area contributed by atoms with Crippen LogP contribution in [0.25, 0.3) is 11.1 Å². The average molecular weight is 477 g/mol. The predicted molar refractivity (Wildman–Crippen MR) is 133 cm³/mol. The maximum absolute atomic E-state index is 12.9. The Balaban J connectivity index is 1.38. The third kappa shape index (κ3) is 5.39. The van der Waals surface area contributed by atoms with Crippen LogP contribution in [0.2, 0.25) is 0 Å². The zero-order chi connectivity index (χ0) is 25.2. The van der Waals surface area contributed by atoms with Gasteiger partial charge >= 0.3 is 12.1 Å². The molecule has 0 spiro atoms. The van der Waals surface area contributed by atoms with E-state index in [4.69, 9.17) is 9.84 Å². The lowest BCUT2D eigenvalue weighted by Gasteiger charge is -2.33. The highest BCUT2D eigenvalue weighted by atomic mass is 16.5. The number of nitrogens with one attached hydrogen (secondary N) is 1. The van der Waals surface area contributed by atoms with Crippen LogP contribution >= 0.6 is 0 Å². The first-order chi connectivity index (χ1) is 16.6. The summed E-state index contributed by atoms with van der Waals surface area (Å²) in [4.78, 5) is 38.5. The van der Waals surface area contributed by atoms with E-state index in [1.807, 2.05) is 45.0 Å². The summed E-state index contributed by atoms with van der Waals surface area (Å²) in [5, 5.41) is 12.0. The summed E-state index contributed by atoms with van der Waals surface area (Å²) >= 11 is 0. The van der Waals surface area contributed by atoms with Crippen LogP contribution in [-0.4, -0.2) is 53.7 Å². The summed E-state index contributed by atoms with van der Waals surface area (Å²) in [5.74, 6) is -1.10. The summed E-state index contributed by atoms with van der Waals surface area (Å²) < 4.78 is 5.68. The van der Waals surface area contributed by atoms with Crippen LogP contribution in [0.1, 0.15) is 50.7 Å². The van der Waals surface area contributed by atoms with Gasteiger partial charge in [-0.2, -0.15) is 0 Å². The number of amides is 2. The van der Waals surface area contributed by atoms with Crippen molar-refractivity contribution in [2.24, 2.45) is 5.41 Å². The molecule has 7 heteroatoms. The molecule has 0 bridgehead atoms. The molecular formula is C28H32N2O5. The third-order valence-corrected chi connectivity index (χ3v) is 6.90. The maximum atomic E-state index is 12.9. The molecule has 7 nitrogen and oxygen atoms in total. The molecule has 1 unspecified atom stereocenters. The number of ether oxygens (including phenoxy) is 1. The van der Waals surface area contributed by atoms with Crippen LogP contribution in [0.3, 0.4) is 0 Å². The van der Waals surface area contributed by atoms with Crippen molar-refractivity contribution < 1.29 is 24.2 Å². The molecule has 4 rings (SSSR count). The van der Waals surface area contributed by atoms with Crippen molar-refractivity contribution >= 4 is 18.0 Å². The SMILES string of the molecule is CC(C)(C)C(CC(=O)N1CC=C(C(=O)O)CC1)NC(=O)OCC1c2ccccc2-c2ccccc21. The van der Waals surface area contributed by atoms with Gasteiger partial charge in [0.1, 0.15) is 6.61 Å². The number of hydrogen-bond acceptors (Lipinski definition) is 4. The van der Waals surface area contributed by atoms with Crippen molar-refractivity contribution in [2.75, 3.05) is 19.7 Å². The topological polar surface area (TPSA) is 95.9 Å². The molecule has 2 amide bonds. The summed E-state index contributed by atoms with van der Waals surface area (Å²) in [7, 11) is 0. The van der Waals surface area contributed by atoms with Gasteiger partial charge in [-0.25, -0.2) is 9.59 Å². The van der Waals surface area contributed by atoms with Crippen molar-refractivity contribution in [3.63, 3.8) is 0 Å². The minimum absolute atomic E-state index is 0.0357. The van der Waals surface area contributed by atoms with Gasteiger partial charge in [0.15, 0.2) is 0 Å². The van der Waals surface area contributed by atoms with E-state index in [0.29, 0.717) is 18.5 Å². The number of rotatable bonds is 6. The number of carboxylic acid groups (broad SMARTS) is 1. The van der Waals surface area contributed by atoms with Crippen LogP contribution in [0.15, 0.2) is 60.2 Å². The first-order valence-corrected chi connectivity index (χ1v) is 12.0. The van der Waals surface area contributed by atoms with Crippen LogP contribution in [0.4, 0.5) is 4.79 Å². The molecule has 0 fully saturated rings. The van der Waals surface area contributed by atoms with Gasteiger partial charge in [-0.1, -0.05) is 75.4 Å². The van der Waals surface area contributed by atoms with Crippen LogP contribution in [0, 0.1) is 5.41 Å². The van der Waals surface area contributed by atoms with Gasteiger partial charge in [0, 0.05) is 37.0 Å². The molecule has 0 saturated carbocycles. The normalized spacial score (nSPS) is 16.1. The van der Waals surface area contributed by atoms with Gasteiger partial charge in [-0.3, -0.25) is 4.79 Å². The summed E-state index contributed by atoms with van der Waals surface area (Å²) in [5.41, 5.74) is 4.57. The molecule has 2 aromatic rings. The van der Waals surface area contributed by atoms with Gasteiger partial charge in [0.05, 0.1) is 0 Å². The second-order valence-electron chi connectivity index (χ2n) is 10.2. The Bertz CT molecular complexity index is 1120. The molecule has 0 radical (unpaired) electrons. The largest absolute Gasteiger partial charge is 0.478 e. The molecular weight excluding hydrogens is 444 g/mol. The van der Waals surface area contributed by atoms with E-state index in [-0.39, 0.29) is 36.8 Å². The highest BCUT2D eigenvalue weighted by Gasteiger charge is 2.33. The highest BCUT2D eigenvalue weighted by Crippen LogP contribution is 2.44. The minimum atomic E-state index is -0.943. The summed E-state index contributed by atoms with van der Waals surface area (Å²) in [6.45, 7) is 6.73. The van der Waals surface area contributed by atoms with Crippen molar-refractivity contribution in [3.05, 3.63) is 71.3 Å². The lowest BCUT2D eigenvalue weighted by molar-refractivity contribution is -0.135. The zero-order valence-corrected chi connectivity index (χ0v) is 20.4. The maximum Gasteiger partial charge on any atom is 0.407 e. The Kier molecular flexibility index (Phi) is 6.96. The molecule has 2 N–H and O–H groups in total. The smallest absolute Gasteiger partial charge is 0.407 e. The molecule has 35 heavy (non-hydrogen) atoms. The van der Waals surface area contributed by atoms with Crippen molar-refractivity contribution in [1.29, 1.82) is 0 Å². The number of hydrogen-bond donors (Lipinski definition) is 2. The summed E-state index contributed by atoms with van der Waals surface area (Å²) in [6.07, 6.45) is 1.46. The molecule has 1 heterocycles. The Morgan fingerprint density at radius 3 is 2.17 bits per heavy atom. The first kappa shape index (κ1) is 24.5. The molecule has 2 aromatic carbocycles. The van der Waals surface area contributed by atoms with Gasteiger partial charge in [0.25, 0.3) is 0 Å². The van der Waals surface area contributed by atoms with Crippen LogP contribution in [-0.2, 0) is 14.3 Å². The molecule has 0 aromatic heterocycles. The fourth-order valence-electron chi connectivity index (χ4n) is 4.75. The van der Waals surface area contributed by atoms with Crippen molar-refractivity contribution in [3.8, 4) is 11.1 Å². The monoisotopic (exact) mass is 476 g/mol. The van der Waals surface area contributed by atoms with Gasteiger partial charge in [0.2, 0.25) is 5.91 Å². The molecule has 1 aliphatic heterocycles. The van der Waals surface area contributed by atoms with E-state index in [9.17, 15) is 14.4 Å². The number of nitrogens with zero attached hydrogens (tertiary/aromatic N) is 1. The first-order valence-electron chi connectivity index (χ1n) is 12.0. The Morgan fingerprint density at radius 1 is 1.06 bits per heavy atom. The highest BCUT2D eigenvalue weighted by molar-refractivity contribution is 5.87. The quantitative estimate of drug-likeness (QED) is 0.637. The fourth-order valence-corrected chi connectivity index (χ4v) is 4.75. The Hall–Kier alpha value is -3.61. The number of aliphatic carboxylic acids is 1. The molecule has 1 atom stereocenters. The van der Waals surface area contributed by atoms with Gasteiger partial charge in [-0.05, 0) is 34.1 Å². The predicted octanol–water partition coefficient (Wildman–Crippen LogP) is 4.57. The lowest BCUT2D eigenvalue weighted by atomic mass is 9.84. The lowest BCUT2D eigenvalue weighted by Crippen LogP contribution is -2.48. The number of fused-ring (bicyclic) bond motifs is 3. The second-order valence-corrected chi connectivity index (χ2v) is 10.2. The van der Waals surface area contributed by atoms with Crippen LogP contribution < -0.4 is 5.32 Å². The molecule has 0 saturated heterocycles. The van der Waals surface area contributed by atoms with E-state index >= 15 is 0 Å². The standard InChI is InChI=1S/C28H32N2O5/c1-28(2,3)24(16-25(31)30-14-12-18(13-15-30)26(32)33)29-27(34)35-17-23-21-10-6-4-8-19(21)20-9-5-7-11-22(20)23/h4-12,23-24H,13-17H2,1-3H3,(H,29,34)(H,32,33). The number of alkyl carbamates (subject to hydrolysis) is 1. The average Bonchev–Trinajstić information content (AvgIpc) is 3.15. The number of carbonyl (C=O) groups excluding carboxylic acids is 2. The number of benzene rings is 2. The van der Waals surface area contributed by atoms with E-state index < -0.39 is 18.1 Å². The number of carboxylic acids is 1. The fraction of sp³-hybridized carbons (Fsp3) is 0.393. The van der Waals surface area contributed by atoms with Gasteiger partial charge in [-0.15, -0.1) is 0 Å². The number of carbonyl (C=O) groups is 3. The Labute approximate surface area is 205 Å². The van der Waals surface area contributed by atoms with Crippen molar-refractivity contribution in [2.45, 2.75) is 45.6 Å². The van der Waals surface area contributed by atoms with Gasteiger partial charge < -0.3 is 20.1 Å². The van der Waals surface area contributed by atoms with E-state index in [2.05, 4.69) is 29.6 Å². The van der Waals surface area contributed by atoms with E-state index in [1.54, 1.807) is 11.0 Å². The van der Waals surface area contributed by atoms with Crippen LogP contribution in [0.5, 0.6) is 0 Å².